The Morgan fingerprint density at radius 2 is 1.97 bits per heavy atom. The van der Waals surface area contributed by atoms with Gasteiger partial charge in [-0.2, -0.15) is 0 Å². The molecule has 1 aliphatic heterocycles. The number of carbonyl (C=O) groups is 1. The van der Waals surface area contributed by atoms with Crippen LogP contribution < -0.4 is 0 Å². The molecule has 1 aromatic heterocycles. The second kappa shape index (κ2) is 8.19. The van der Waals surface area contributed by atoms with Crippen LogP contribution in [0.25, 0.3) is 11.3 Å². The highest BCUT2D eigenvalue weighted by Crippen LogP contribution is 2.33. The first-order valence-corrected chi connectivity index (χ1v) is 10.1. The smallest absolute Gasteiger partial charge is 0.223 e. The number of amides is 1. The Morgan fingerprint density at radius 1 is 1.17 bits per heavy atom. The zero-order valence-electron chi connectivity index (χ0n) is 16.8. The summed E-state index contributed by atoms with van der Waals surface area (Å²) in [5, 5.41) is 0. The quantitative estimate of drug-likeness (QED) is 0.584. The summed E-state index contributed by atoms with van der Waals surface area (Å²) in [6, 6.07) is 12.7. The van der Waals surface area contributed by atoms with E-state index >= 15 is 0 Å². The topological polar surface area (TPSA) is 46.3 Å². The van der Waals surface area contributed by atoms with Gasteiger partial charge in [-0.3, -0.25) is 4.79 Å². The number of benzene rings is 2. The number of oxazole rings is 1. The molecule has 1 fully saturated rings. The molecule has 2 heterocycles. The number of hydrogen-bond acceptors (Lipinski definition) is 3. The van der Waals surface area contributed by atoms with Crippen LogP contribution in [0.3, 0.4) is 0 Å². The van der Waals surface area contributed by atoms with Gasteiger partial charge in [0.15, 0.2) is 11.7 Å². The number of likely N-dealkylation sites (tertiary alicyclic amines) is 1. The van der Waals surface area contributed by atoms with E-state index in [1.54, 1.807) is 18.3 Å². The highest BCUT2D eigenvalue weighted by molar-refractivity contribution is 5.77. The fraction of sp³-hybridized carbons (Fsp3) is 0.333. The Balaban J connectivity index is 1.40. The second-order valence-electron chi connectivity index (χ2n) is 7.71. The summed E-state index contributed by atoms with van der Waals surface area (Å²) in [6.45, 7) is 5.01. The summed E-state index contributed by atoms with van der Waals surface area (Å²) in [5.41, 5.74) is 4.51. The van der Waals surface area contributed by atoms with Crippen LogP contribution in [0.1, 0.15) is 47.9 Å². The summed E-state index contributed by atoms with van der Waals surface area (Å²) >= 11 is 0. The van der Waals surface area contributed by atoms with Crippen molar-refractivity contribution in [3.8, 4) is 11.3 Å². The molecule has 0 radical (unpaired) electrons. The van der Waals surface area contributed by atoms with Crippen LogP contribution in [0.4, 0.5) is 4.39 Å². The maximum atomic E-state index is 13.1. The van der Waals surface area contributed by atoms with E-state index in [2.05, 4.69) is 37.0 Å². The summed E-state index contributed by atoms with van der Waals surface area (Å²) in [4.78, 5) is 19.2. The molecule has 4 nitrogen and oxygen atoms in total. The van der Waals surface area contributed by atoms with Gasteiger partial charge in [0, 0.05) is 24.9 Å². The van der Waals surface area contributed by atoms with Gasteiger partial charge >= 0.3 is 0 Å². The van der Waals surface area contributed by atoms with Crippen LogP contribution >= 0.6 is 0 Å². The summed E-state index contributed by atoms with van der Waals surface area (Å²) < 4.78 is 18.8. The third kappa shape index (κ3) is 4.24. The molecule has 29 heavy (non-hydrogen) atoms. The van der Waals surface area contributed by atoms with Crippen molar-refractivity contribution >= 4 is 5.91 Å². The molecular weight excluding hydrogens is 367 g/mol. The molecule has 0 N–H and O–H groups in total. The molecule has 1 aliphatic rings. The van der Waals surface area contributed by atoms with Gasteiger partial charge in [-0.05, 0) is 67.6 Å². The zero-order chi connectivity index (χ0) is 20.4. The van der Waals surface area contributed by atoms with E-state index in [9.17, 15) is 9.18 Å². The van der Waals surface area contributed by atoms with Crippen LogP contribution in [-0.2, 0) is 11.2 Å². The largest absolute Gasteiger partial charge is 0.441 e. The minimum atomic E-state index is -0.289. The van der Waals surface area contributed by atoms with Crippen LogP contribution in [0, 0.1) is 19.7 Å². The maximum absolute atomic E-state index is 13.1. The number of nitrogens with zero attached hydrogens (tertiary/aromatic N) is 2. The van der Waals surface area contributed by atoms with Gasteiger partial charge in [-0.1, -0.05) is 18.2 Å². The molecule has 5 heteroatoms. The van der Waals surface area contributed by atoms with Crippen LogP contribution in [0.2, 0.25) is 0 Å². The molecule has 0 aliphatic carbocycles. The van der Waals surface area contributed by atoms with Crippen molar-refractivity contribution in [3.05, 3.63) is 77.1 Å². The third-order valence-corrected chi connectivity index (χ3v) is 5.72. The Kier molecular flexibility index (Phi) is 5.47. The average molecular weight is 392 g/mol. The van der Waals surface area contributed by atoms with Gasteiger partial charge < -0.3 is 9.32 Å². The minimum Gasteiger partial charge on any atom is -0.441 e. The van der Waals surface area contributed by atoms with E-state index in [0.29, 0.717) is 24.5 Å². The van der Waals surface area contributed by atoms with Crippen molar-refractivity contribution in [3.63, 3.8) is 0 Å². The number of hydrogen-bond donors (Lipinski definition) is 0. The molecule has 0 spiro atoms. The van der Waals surface area contributed by atoms with Crippen LogP contribution in [0.15, 0.2) is 53.1 Å². The zero-order valence-corrected chi connectivity index (χ0v) is 16.8. The van der Waals surface area contributed by atoms with Crippen molar-refractivity contribution < 1.29 is 13.6 Å². The Labute approximate surface area is 170 Å². The van der Waals surface area contributed by atoms with Gasteiger partial charge in [-0.25, -0.2) is 9.37 Å². The normalized spacial score (nSPS) is 16.4. The lowest BCUT2D eigenvalue weighted by Gasteiger charge is -2.25. The molecular formula is C24H25FN2O2. The van der Waals surface area contributed by atoms with Crippen LogP contribution in [0.5, 0.6) is 0 Å². The Hall–Kier alpha value is -2.95. The first-order chi connectivity index (χ1) is 14.0. The molecule has 2 aromatic carbocycles. The number of aromatic nitrogens is 1. The lowest BCUT2D eigenvalue weighted by Crippen LogP contribution is -2.30. The van der Waals surface area contributed by atoms with Crippen molar-refractivity contribution in [1.82, 2.24) is 9.88 Å². The molecule has 1 saturated heterocycles. The number of rotatable bonds is 5. The van der Waals surface area contributed by atoms with Crippen molar-refractivity contribution in [2.24, 2.45) is 0 Å². The Bertz CT molecular complexity index is 1010. The minimum absolute atomic E-state index is 0.132. The molecule has 1 amide bonds. The highest BCUT2D eigenvalue weighted by atomic mass is 19.1. The van der Waals surface area contributed by atoms with E-state index in [1.807, 2.05) is 4.90 Å². The van der Waals surface area contributed by atoms with Gasteiger partial charge in [0.1, 0.15) is 5.82 Å². The number of aryl methyl sites for hydroxylation is 3. The molecule has 3 aromatic rings. The SMILES string of the molecule is Cc1ccc(C2CCCN2C(=O)CCc2ncc(-c3ccc(F)cc3)o2)cc1C. The first kappa shape index (κ1) is 19.4. The van der Waals surface area contributed by atoms with Gasteiger partial charge in [-0.15, -0.1) is 0 Å². The van der Waals surface area contributed by atoms with Gasteiger partial charge in [0.2, 0.25) is 5.91 Å². The van der Waals surface area contributed by atoms with Crippen LogP contribution in [-0.4, -0.2) is 22.3 Å². The fourth-order valence-corrected chi connectivity index (χ4v) is 3.91. The van der Waals surface area contributed by atoms with E-state index in [0.717, 1.165) is 24.9 Å². The molecule has 150 valence electrons. The van der Waals surface area contributed by atoms with Gasteiger partial charge in [0.25, 0.3) is 0 Å². The summed E-state index contributed by atoms with van der Waals surface area (Å²) in [5.74, 6) is 0.955. The number of halogens is 1. The van der Waals surface area contributed by atoms with Gasteiger partial charge in [0.05, 0.1) is 12.2 Å². The molecule has 0 bridgehead atoms. The predicted octanol–water partition coefficient (Wildman–Crippen LogP) is 5.39. The van der Waals surface area contributed by atoms with E-state index in [1.165, 1.54) is 28.8 Å². The Morgan fingerprint density at radius 3 is 2.72 bits per heavy atom. The highest BCUT2D eigenvalue weighted by Gasteiger charge is 2.30. The van der Waals surface area contributed by atoms with Crippen molar-refractivity contribution in [2.75, 3.05) is 6.54 Å². The lowest BCUT2D eigenvalue weighted by molar-refractivity contribution is -0.132. The maximum Gasteiger partial charge on any atom is 0.223 e. The second-order valence-corrected chi connectivity index (χ2v) is 7.71. The standard InChI is InChI=1S/C24H25FN2O2/c1-16-5-6-19(14-17(16)2)21-4-3-13-27(21)24(28)12-11-23-26-15-22(29-23)18-7-9-20(25)10-8-18/h5-10,14-15,21H,3-4,11-13H2,1-2H3. The molecule has 4 rings (SSSR count). The van der Waals surface area contributed by atoms with Crippen molar-refractivity contribution in [2.45, 2.75) is 45.6 Å². The fourth-order valence-electron chi connectivity index (χ4n) is 3.91. The van der Waals surface area contributed by atoms with Crippen molar-refractivity contribution in [1.29, 1.82) is 0 Å². The summed E-state index contributed by atoms with van der Waals surface area (Å²) in [7, 11) is 0. The molecule has 1 unspecified atom stereocenters. The van der Waals surface area contributed by atoms with E-state index in [-0.39, 0.29) is 17.8 Å². The first-order valence-electron chi connectivity index (χ1n) is 10.1. The number of carbonyl (C=O) groups excluding carboxylic acids is 1. The third-order valence-electron chi connectivity index (χ3n) is 5.72. The molecule has 0 saturated carbocycles. The average Bonchev–Trinajstić information content (AvgIpc) is 3.38. The predicted molar refractivity (Wildman–Crippen MR) is 110 cm³/mol. The molecule has 1 atom stereocenters. The summed E-state index contributed by atoms with van der Waals surface area (Å²) in [6.07, 6.45) is 4.47. The lowest BCUT2D eigenvalue weighted by atomic mass is 9.99. The van der Waals surface area contributed by atoms with E-state index < -0.39 is 0 Å². The van der Waals surface area contributed by atoms with E-state index in [4.69, 9.17) is 4.42 Å². The monoisotopic (exact) mass is 392 g/mol.